The topological polar surface area (TPSA) is 82.9 Å². The van der Waals surface area contributed by atoms with Gasteiger partial charge in [-0.2, -0.15) is 13.2 Å². The number of imide groups is 1. The van der Waals surface area contributed by atoms with Crippen molar-refractivity contribution in [3.8, 4) is 0 Å². The van der Waals surface area contributed by atoms with E-state index in [1.807, 2.05) is 34.9 Å². The number of carbonyl (C=O) groups excluding carboxylic acids is 2. The van der Waals surface area contributed by atoms with Gasteiger partial charge in [-0.3, -0.25) is 19.3 Å². The number of aliphatic hydroxyl groups is 1. The van der Waals surface area contributed by atoms with Gasteiger partial charge in [0.05, 0.1) is 29.4 Å². The van der Waals surface area contributed by atoms with Gasteiger partial charge in [-0.05, 0) is 66.9 Å². The van der Waals surface area contributed by atoms with E-state index in [1.54, 1.807) is 6.07 Å². The van der Waals surface area contributed by atoms with Gasteiger partial charge in [0.2, 0.25) is 11.8 Å². The zero-order valence-corrected chi connectivity index (χ0v) is 21.5. The molecule has 3 aliphatic carbocycles. The third kappa shape index (κ3) is 3.96. The minimum Gasteiger partial charge on any atom is -0.392 e. The molecule has 2 aliphatic heterocycles. The molecule has 2 saturated heterocycles. The van der Waals surface area contributed by atoms with Gasteiger partial charge in [0.25, 0.3) is 5.56 Å². The number of benzene rings is 1. The molecule has 8 atom stereocenters. The maximum absolute atomic E-state index is 13.6. The summed E-state index contributed by atoms with van der Waals surface area (Å²) in [7, 11) is 0. The Bertz CT molecular complexity index is 1380. The molecular weight excluding hydrogens is 511 g/mol. The number of likely N-dealkylation sites (tertiary alicyclic amines) is 2. The highest BCUT2D eigenvalue weighted by atomic mass is 19.4. The van der Waals surface area contributed by atoms with E-state index in [2.05, 4.69) is 4.90 Å². The maximum atomic E-state index is 13.6. The normalized spacial score (nSPS) is 36.8. The summed E-state index contributed by atoms with van der Waals surface area (Å²) in [6, 6.07) is 11.6. The highest BCUT2D eigenvalue weighted by Crippen LogP contribution is 2.62. The van der Waals surface area contributed by atoms with Crippen LogP contribution in [0.25, 0.3) is 10.9 Å². The molecule has 1 N–H and O–H groups in total. The zero-order valence-electron chi connectivity index (χ0n) is 21.5. The first kappa shape index (κ1) is 25.3. The Morgan fingerprint density at radius 1 is 0.846 bits per heavy atom. The van der Waals surface area contributed by atoms with Crippen LogP contribution in [-0.2, 0) is 9.59 Å². The number of hydrogen-bond donors (Lipinski definition) is 1. The van der Waals surface area contributed by atoms with E-state index in [0.717, 1.165) is 49.8 Å². The van der Waals surface area contributed by atoms with Gasteiger partial charge in [-0.15, -0.1) is 0 Å². The van der Waals surface area contributed by atoms with E-state index in [4.69, 9.17) is 0 Å². The summed E-state index contributed by atoms with van der Waals surface area (Å²) >= 11 is 0. The van der Waals surface area contributed by atoms with Crippen LogP contribution in [0.3, 0.4) is 0 Å². The van der Waals surface area contributed by atoms with Crippen molar-refractivity contribution in [2.75, 3.05) is 26.2 Å². The van der Waals surface area contributed by atoms with Crippen LogP contribution < -0.4 is 5.56 Å². The number of rotatable bonds is 5. The quantitative estimate of drug-likeness (QED) is 0.587. The van der Waals surface area contributed by atoms with E-state index >= 15 is 0 Å². The Kier molecular flexibility index (Phi) is 5.76. The van der Waals surface area contributed by atoms with Crippen molar-refractivity contribution in [2.45, 2.75) is 44.0 Å². The minimum atomic E-state index is -4.57. The molecule has 3 saturated carbocycles. The Morgan fingerprint density at radius 2 is 1.51 bits per heavy atom. The summed E-state index contributed by atoms with van der Waals surface area (Å²) in [5.74, 6) is -5.78. The minimum absolute atomic E-state index is 0.0154. The third-order valence-electron chi connectivity index (χ3n) is 10.3. The molecule has 5 aliphatic rings. The maximum Gasteiger partial charge on any atom is 0.394 e. The number of piperidine rings is 1. The molecule has 1 aromatic carbocycles. The van der Waals surface area contributed by atoms with Crippen molar-refractivity contribution in [2.24, 2.45) is 41.4 Å². The van der Waals surface area contributed by atoms with Gasteiger partial charge in [0.15, 0.2) is 0 Å². The fourth-order valence-electron chi connectivity index (χ4n) is 8.41. The number of aliphatic hydroxyl groups excluding tert-OH is 1. The summed E-state index contributed by atoms with van der Waals surface area (Å²) in [4.78, 5) is 42.5. The average Bonchev–Trinajstić information content (AvgIpc) is 3.25. The molecule has 7 nitrogen and oxygen atoms in total. The zero-order chi connectivity index (χ0) is 27.2. The van der Waals surface area contributed by atoms with Crippen molar-refractivity contribution >= 4 is 22.7 Å². The number of halogens is 3. The predicted octanol–water partition coefficient (Wildman–Crippen LogP) is 3.06. The summed E-state index contributed by atoms with van der Waals surface area (Å²) in [6.45, 7) is 2.83. The lowest BCUT2D eigenvalue weighted by atomic mass is 9.73. The average molecular weight is 544 g/mol. The van der Waals surface area contributed by atoms with Crippen molar-refractivity contribution in [1.29, 1.82) is 0 Å². The molecule has 7 rings (SSSR count). The lowest BCUT2D eigenvalue weighted by Gasteiger charge is -2.33. The van der Waals surface area contributed by atoms with Gasteiger partial charge in [-0.25, -0.2) is 0 Å². The molecule has 5 fully saturated rings. The number of nitrogens with zero attached hydrogens (tertiary/aromatic N) is 3. The number of pyridine rings is 1. The van der Waals surface area contributed by atoms with E-state index < -0.39 is 47.8 Å². The number of aromatic nitrogens is 1. The van der Waals surface area contributed by atoms with Gasteiger partial charge in [0.1, 0.15) is 0 Å². The lowest BCUT2D eigenvalue weighted by Crippen LogP contribution is -2.46. The molecule has 0 spiro atoms. The number of fused-ring (bicyclic) bond motifs is 6. The number of alkyl halides is 3. The second-order valence-electron chi connectivity index (χ2n) is 12.3. The molecule has 0 radical (unpaired) electrons. The largest absolute Gasteiger partial charge is 0.394 e. The summed E-state index contributed by atoms with van der Waals surface area (Å²) in [5, 5.41) is 11.4. The van der Waals surface area contributed by atoms with Crippen LogP contribution >= 0.6 is 0 Å². The Balaban J connectivity index is 0.954. The molecule has 1 aromatic heterocycles. The summed E-state index contributed by atoms with van der Waals surface area (Å²) < 4.78 is 42.6. The van der Waals surface area contributed by atoms with Gasteiger partial charge in [-0.1, -0.05) is 18.2 Å². The molecule has 6 unspecified atom stereocenters. The highest BCUT2D eigenvalue weighted by molar-refractivity contribution is 6.06. The van der Waals surface area contributed by atoms with E-state index in [9.17, 15) is 32.7 Å². The number of carbonyl (C=O) groups is 2. The lowest BCUT2D eigenvalue weighted by molar-refractivity contribution is -0.219. The van der Waals surface area contributed by atoms with Crippen LogP contribution in [0.1, 0.15) is 31.7 Å². The molecule has 10 heteroatoms. The van der Waals surface area contributed by atoms with Crippen molar-refractivity contribution in [1.82, 2.24) is 14.4 Å². The van der Waals surface area contributed by atoms with Crippen molar-refractivity contribution in [3.63, 3.8) is 0 Å². The van der Waals surface area contributed by atoms with Crippen molar-refractivity contribution < 1.29 is 27.9 Å². The van der Waals surface area contributed by atoms with Crippen LogP contribution in [0.15, 0.2) is 41.2 Å². The first-order valence-electron chi connectivity index (χ1n) is 14.1. The second kappa shape index (κ2) is 8.89. The molecule has 2 bridgehead atoms. The van der Waals surface area contributed by atoms with E-state index in [0.29, 0.717) is 5.92 Å². The summed E-state index contributed by atoms with van der Waals surface area (Å²) in [5.41, 5.74) is 0.972. The number of para-hydroxylation sites is 1. The summed E-state index contributed by atoms with van der Waals surface area (Å²) in [6.07, 6.45) is -3.47. The molecule has 2 aromatic rings. The molecule has 208 valence electrons. The SMILES string of the molecule is O=C1C2C3CC(C2C(=O)N1C[C@H]1C[C@@H]1CN1CCC(n2c(=O)ccc4ccccc42)CC1)C(C(F)(F)F)C3O. The van der Waals surface area contributed by atoms with Crippen molar-refractivity contribution in [3.05, 3.63) is 46.8 Å². The standard InChI is InChI=1S/C29H32F3N3O4/c30-29(31,32)25-19-12-20(26(25)37)24-23(19)27(38)34(28(24)39)14-17-11-16(17)13-33-9-7-18(8-10-33)35-21-4-2-1-3-15(21)5-6-22(35)36/h1-6,16-20,23-26,37H,7-14H2/t16-,17-,19?,20?,23?,24?,25?,26?/m1/s1. The number of hydrogen-bond acceptors (Lipinski definition) is 5. The first-order valence-corrected chi connectivity index (χ1v) is 14.1. The van der Waals surface area contributed by atoms with E-state index in [1.165, 1.54) is 4.90 Å². The Hall–Kier alpha value is -2.72. The number of amides is 2. The smallest absolute Gasteiger partial charge is 0.392 e. The fraction of sp³-hybridized carbons (Fsp3) is 0.621. The van der Waals surface area contributed by atoms with Crippen LogP contribution in [0.4, 0.5) is 13.2 Å². The predicted molar refractivity (Wildman–Crippen MR) is 135 cm³/mol. The molecule has 3 heterocycles. The molecule has 2 amide bonds. The van der Waals surface area contributed by atoms with Crippen LogP contribution in [0, 0.1) is 41.4 Å². The third-order valence-corrected chi connectivity index (χ3v) is 10.3. The fourth-order valence-corrected chi connectivity index (χ4v) is 8.41. The Morgan fingerprint density at radius 3 is 2.23 bits per heavy atom. The first-order chi connectivity index (χ1) is 18.6. The van der Waals surface area contributed by atoms with Gasteiger partial charge < -0.3 is 14.6 Å². The van der Waals surface area contributed by atoms with E-state index in [-0.39, 0.29) is 36.4 Å². The van der Waals surface area contributed by atoms with Crippen LogP contribution in [0.5, 0.6) is 0 Å². The molecular formula is C29H32F3N3O4. The monoisotopic (exact) mass is 543 g/mol. The van der Waals surface area contributed by atoms with Gasteiger partial charge >= 0.3 is 6.18 Å². The second-order valence-corrected chi connectivity index (χ2v) is 12.3. The Labute approximate surface area is 223 Å². The van der Waals surface area contributed by atoms with Gasteiger partial charge in [0, 0.05) is 38.3 Å². The van der Waals surface area contributed by atoms with Crippen LogP contribution in [-0.4, -0.2) is 69.7 Å². The molecule has 39 heavy (non-hydrogen) atoms. The van der Waals surface area contributed by atoms with Crippen LogP contribution in [0.2, 0.25) is 0 Å². The highest BCUT2D eigenvalue weighted by Gasteiger charge is 2.71.